The number of nitrogens with one attached hydrogen (secondary N) is 1. The van der Waals surface area contributed by atoms with Gasteiger partial charge in [0.15, 0.2) is 18.1 Å². The first-order valence-corrected chi connectivity index (χ1v) is 15.2. The van der Waals surface area contributed by atoms with Gasteiger partial charge in [-0.25, -0.2) is 9.37 Å². The van der Waals surface area contributed by atoms with Crippen LogP contribution in [-0.4, -0.2) is 35.0 Å². The number of unbranched alkanes of at least 4 members (excludes halogenated alkanes) is 1. The average Bonchev–Trinajstić information content (AvgIpc) is 2.94. The highest BCUT2D eigenvalue weighted by molar-refractivity contribution is 9.13. The van der Waals surface area contributed by atoms with Gasteiger partial charge in [-0.1, -0.05) is 35.3 Å². The molecule has 3 aromatic carbocycles. The second-order valence-corrected chi connectivity index (χ2v) is 11.4. The lowest BCUT2D eigenvalue weighted by molar-refractivity contribution is -0.118. The van der Waals surface area contributed by atoms with E-state index in [1.807, 2.05) is 19.1 Å². The number of nitrogens with zero attached hydrogens (tertiary/aromatic N) is 3. The van der Waals surface area contributed by atoms with E-state index >= 15 is 0 Å². The molecule has 0 aliphatic rings. The molecular weight excluding hydrogens is 727 g/mol. The molecule has 0 unspecified atom stereocenters. The number of carbonyl (C=O) groups excluding carboxylic acids is 1. The third kappa shape index (κ3) is 7.60. The zero-order chi connectivity index (χ0) is 29.5. The maximum Gasteiger partial charge on any atom is 0.282 e. The molecule has 0 saturated heterocycles. The maximum atomic E-state index is 13.5. The Morgan fingerprint density at radius 2 is 1.90 bits per heavy atom. The molecule has 0 atom stereocenters. The van der Waals surface area contributed by atoms with Gasteiger partial charge in [-0.15, -0.1) is 0 Å². The summed E-state index contributed by atoms with van der Waals surface area (Å²) in [6.45, 7) is 3.88. The van der Waals surface area contributed by atoms with Gasteiger partial charge >= 0.3 is 0 Å². The number of amides is 1. The number of benzene rings is 3. The Bertz CT molecular complexity index is 1680. The molecule has 8 nitrogen and oxygen atoms in total. The molecule has 0 fully saturated rings. The van der Waals surface area contributed by atoms with Gasteiger partial charge in [-0.2, -0.15) is 9.78 Å². The first-order chi connectivity index (χ1) is 19.7. The summed E-state index contributed by atoms with van der Waals surface area (Å²) >= 11 is 10.5. The molecule has 1 amide bonds. The Balaban J connectivity index is 1.65. The van der Waals surface area contributed by atoms with Crippen LogP contribution in [-0.2, 0) is 11.2 Å². The van der Waals surface area contributed by atoms with E-state index < -0.39 is 11.7 Å². The minimum Gasteiger partial charge on any atom is -0.490 e. The molecule has 12 heteroatoms. The van der Waals surface area contributed by atoms with E-state index in [4.69, 9.17) is 14.5 Å². The van der Waals surface area contributed by atoms with Crippen LogP contribution in [0.4, 0.5) is 10.1 Å². The minimum atomic E-state index is -0.471. The lowest BCUT2D eigenvalue weighted by atomic mass is 10.2. The van der Waals surface area contributed by atoms with Gasteiger partial charge in [0.05, 0.1) is 28.2 Å². The first-order valence-electron chi connectivity index (χ1n) is 12.8. The molecule has 0 radical (unpaired) electrons. The van der Waals surface area contributed by atoms with E-state index in [1.54, 1.807) is 24.4 Å². The van der Waals surface area contributed by atoms with Crippen molar-refractivity contribution < 1.29 is 18.7 Å². The molecule has 0 saturated carbocycles. The lowest BCUT2D eigenvalue weighted by Crippen LogP contribution is -2.22. The van der Waals surface area contributed by atoms with Crippen LogP contribution < -0.4 is 20.3 Å². The second-order valence-electron chi connectivity index (χ2n) is 8.86. The quantitative estimate of drug-likeness (QED) is 0.161. The van der Waals surface area contributed by atoms with Crippen LogP contribution in [0.3, 0.4) is 0 Å². The number of aryl methyl sites for hydroxylation is 1. The van der Waals surface area contributed by atoms with Gasteiger partial charge in [0.25, 0.3) is 11.5 Å². The summed E-state index contributed by atoms with van der Waals surface area (Å²) in [5.41, 5.74) is 1.25. The van der Waals surface area contributed by atoms with Gasteiger partial charge in [-0.3, -0.25) is 9.59 Å². The summed E-state index contributed by atoms with van der Waals surface area (Å²) in [6.07, 6.45) is 3.93. The zero-order valence-electron chi connectivity index (χ0n) is 22.2. The topological polar surface area (TPSA) is 94.8 Å². The van der Waals surface area contributed by atoms with Gasteiger partial charge in [0.2, 0.25) is 0 Å². The van der Waals surface area contributed by atoms with E-state index in [0.717, 1.165) is 17.3 Å². The Labute approximate surface area is 261 Å². The first kappa shape index (κ1) is 30.9. The highest BCUT2D eigenvalue weighted by Crippen LogP contribution is 2.42. The number of carbonyl (C=O) groups is 1. The number of fused-ring (bicyclic) bond motifs is 1. The third-order valence-electron chi connectivity index (χ3n) is 5.85. The fourth-order valence-corrected chi connectivity index (χ4v) is 5.22. The second kappa shape index (κ2) is 14.2. The van der Waals surface area contributed by atoms with Gasteiger partial charge in [0.1, 0.15) is 11.6 Å². The lowest BCUT2D eigenvalue weighted by Gasteiger charge is -2.16. The van der Waals surface area contributed by atoms with Crippen LogP contribution in [0, 0.1) is 5.82 Å². The summed E-state index contributed by atoms with van der Waals surface area (Å²) < 4.78 is 28.2. The largest absolute Gasteiger partial charge is 0.490 e. The van der Waals surface area contributed by atoms with E-state index in [-0.39, 0.29) is 12.2 Å². The summed E-state index contributed by atoms with van der Waals surface area (Å²) in [5, 5.41) is 7.58. The number of rotatable bonds is 11. The van der Waals surface area contributed by atoms with Crippen molar-refractivity contribution in [3.8, 4) is 11.5 Å². The van der Waals surface area contributed by atoms with Crippen LogP contribution in [0.1, 0.15) is 38.1 Å². The number of aromatic nitrogens is 2. The number of halogens is 4. The molecule has 0 bridgehead atoms. The standard InChI is InChI=1S/C29H26Br3FN4O4/c1-3-5-9-24-36-22-11-10-18(30)13-21(22)29(39)37(24)34-15-17-12-23(40-4-2)28(27(32)26(17)31)41-16-25(38)35-20-8-6-7-19(33)14-20/h6-8,10-15H,3-5,9,16H2,1-2H3,(H,35,38). The van der Waals surface area contributed by atoms with Crippen molar-refractivity contribution in [3.05, 3.63) is 89.5 Å². The van der Waals surface area contributed by atoms with Crippen molar-refractivity contribution in [2.45, 2.75) is 33.1 Å². The molecule has 1 heterocycles. The summed E-state index contributed by atoms with van der Waals surface area (Å²) in [6, 6.07) is 12.7. The summed E-state index contributed by atoms with van der Waals surface area (Å²) in [5.74, 6) is 0.289. The Hall–Kier alpha value is -3.09. The molecule has 4 aromatic rings. The van der Waals surface area contributed by atoms with Crippen molar-refractivity contribution >= 4 is 76.5 Å². The predicted octanol–water partition coefficient (Wildman–Crippen LogP) is 7.46. The monoisotopic (exact) mass is 750 g/mol. The van der Waals surface area contributed by atoms with Crippen molar-refractivity contribution in [1.82, 2.24) is 9.66 Å². The third-order valence-corrected chi connectivity index (χ3v) is 8.49. The number of hydrogen-bond donors (Lipinski definition) is 1. The Kier molecular flexibility index (Phi) is 10.7. The number of anilines is 1. The van der Waals surface area contributed by atoms with Crippen LogP contribution in [0.5, 0.6) is 11.5 Å². The zero-order valence-corrected chi connectivity index (χ0v) is 27.0. The van der Waals surface area contributed by atoms with E-state index in [2.05, 4.69) is 65.1 Å². The molecule has 214 valence electrons. The van der Waals surface area contributed by atoms with Crippen molar-refractivity contribution in [2.75, 3.05) is 18.5 Å². The van der Waals surface area contributed by atoms with Gasteiger partial charge in [0, 0.05) is 26.6 Å². The number of hydrogen-bond acceptors (Lipinski definition) is 6. The molecule has 1 N–H and O–H groups in total. The normalized spacial score (nSPS) is 11.3. The van der Waals surface area contributed by atoms with E-state index in [9.17, 15) is 14.0 Å². The summed E-state index contributed by atoms with van der Waals surface area (Å²) in [4.78, 5) is 30.6. The molecule has 0 spiro atoms. The molecular formula is C29H26Br3FN4O4. The summed E-state index contributed by atoms with van der Waals surface area (Å²) in [7, 11) is 0. The fraction of sp³-hybridized carbons (Fsp3) is 0.241. The van der Waals surface area contributed by atoms with E-state index in [1.165, 1.54) is 22.9 Å². The molecule has 0 aliphatic carbocycles. The minimum absolute atomic E-state index is 0.275. The highest BCUT2D eigenvalue weighted by atomic mass is 79.9. The molecule has 0 aliphatic heterocycles. The van der Waals surface area contributed by atoms with Gasteiger partial charge in [-0.05, 0) is 87.7 Å². The van der Waals surface area contributed by atoms with Crippen LogP contribution >= 0.6 is 47.8 Å². The van der Waals surface area contributed by atoms with Crippen molar-refractivity contribution in [3.63, 3.8) is 0 Å². The number of ether oxygens (including phenoxy) is 2. The highest BCUT2D eigenvalue weighted by Gasteiger charge is 2.19. The molecule has 1 aromatic heterocycles. The van der Waals surface area contributed by atoms with Crippen molar-refractivity contribution in [2.24, 2.45) is 5.10 Å². The maximum absolute atomic E-state index is 13.5. The predicted molar refractivity (Wildman–Crippen MR) is 169 cm³/mol. The van der Waals surface area contributed by atoms with Crippen LogP contribution in [0.15, 0.2) is 71.8 Å². The van der Waals surface area contributed by atoms with E-state index in [0.29, 0.717) is 61.5 Å². The Morgan fingerprint density at radius 3 is 2.63 bits per heavy atom. The smallest absolute Gasteiger partial charge is 0.282 e. The van der Waals surface area contributed by atoms with Crippen molar-refractivity contribution in [1.29, 1.82) is 0 Å². The SMILES string of the molecule is CCCCc1nc2ccc(Br)cc2c(=O)n1N=Cc1cc(OCC)c(OCC(=O)Nc2cccc(F)c2)c(Br)c1Br. The average molecular weight is 753 g/mol. The van der Waals surface area contributed by atoms with Crippen LogP contribution in [0.2, 0.25) is 0 Å². The van der Waals surface area contributed by atoms with Crippen LogP contribution in [0.25, 0.3) is 10.9 Å². The fourth-order valence-electron chi connectivity index (χ4n) is 3.93. The van der Waals surface area contributed by atoms with Gasteiger partial charge < -0.3 is 14.8 Å². The molecule has 41 heavy (non-hydrogen) atoms. The molecule has 4 rings (SSSR count). The Morgan fingerprint density at radius 1 is 1.10 bits per heavy atom.